The number of aromatic nitrogens is 1. The van der Waals surface area contributed by atoms with Crippen molar-refractivity contribution in [2.24, 2.45) is 0 Å². The molecule has 0 bridgehead atoms. The van der Waals surface area contributed by atoms with Crippen molar-refractivity contribution in [2.75, 3.05) is 6.61 Å². The van der Waals surface area contributed by atoms with E-state index in [0.29, 0.717) is 13.2 Å². The summed E-state index contributed by atoms with van der Waals surface area (Å²) in [5.74, 6) is 7.90. The number of nitrogens with zero attached hydrogens (tertiary/aromatic N) is 1. The summed E-state index contributed by atoms with van der Waals surface area (Å²) in [6, 6.07) is 27.7. The monoisotopic (exact) mass is 379 g/mol. The summed E-state index contributed by atoms with van der Waals surface area (Å²) in [4.78, 5) is 4.75. The van der Waals surface area contributed by atoms with Crippen LogP contribution in [0.1, 0.15) is 17.0 Å². The van der Waals surface area contributed by atoms with E-state index in [-0.39, 0.29) is 0 Å². The standard InChI is InChI=1S/C26H21NO2/c1-20-23-15-8-9-16-24(23)25(19-29-22-13-6-3-7-14-22)26(27-20)17-10-18-28-21-11-4-2-5-12-21/h2-9,11-16H,18-19H2,1H3. The fourth-order valence-corrected chi connectivity index (χ4v) is 3.16. The molecule has 0 spiro atoms. The largest absolute Gasteiger partial charge is 0.489 e. The molecular weight excluding hydrogens is 358 g/mol. The van der Waals surface area contributed by atoms with E-state index >= 15 is 0 Å². The van der Waals surface area contributed by atoms with Crippen molar-refractivity contribution in [3.8, 4) is 23.3 Å². The normalized spacial score (nSPS) is 10.2. The van der Waals surface area contributed by atoms with E-state index in [9.17, 15) is 0 Å². The molecule has 142 valence electrons. The van der Waals surface area contributed by atoms with E-state index in [1.807, 2.05) is 79.7 Å². The molecule has 0 amide bonds. The zero-order valence-corrected chi connectivity index (χ0v) is 16.3. The lowest BCUT2D eigenvalue weighted by molar-refractivity contribution is 0.307. The second-order valence-electron chi connectivity index (χ2n) is 6.58. The highest BCUT2D eigenvalue weighted by Crippen LogP contribution is 2.25. The fraction of sp³-hybridized carbons (Fsp3) is 0.115. The van der Waals surface area contributed by atoms with E-state index in [1.165, 1.54) is 0 Å². The maximum Gasteiger partial charge on any atom is 0.149 e. The molecule has 0 saturated carbocycles. The Bertz CT molecular complexity index is 1160. The topological polar surface area (TPSA) is 31.4 Å². The van der Waals surface area contributed by atoms with Gasteiger partial charge in [0, 0.05) is 16.6 Å². The summed E-state index contributed by atoms with van der Waals surface area (Å²) >= 11 is 0. The molecule has 0 unspecified atom stereocenters. The summed E-state index contributed by atoms with van der Waals surface area (Å²) in [5.41, 5.74) is 2.67. The van der Waals surface area contributed by atoms with E-state index in [0.717, 1.165) is 39.2 Å². The minimum absolute atomic E-state index is 0.302. The Morgan fingerprint density at radius 1 is 0.724 bits per heavy atom. The van der Waals surface area contributed by atoms with E-state index in [4.69, 9.17) is 14.5 Å². The molecule has 1 heterocycles. The van der Waals surface area contributed by atoms with E-state index in [1.54, 1.807) is 0 Å². The zero-order valence-electron chi connectivity index (χ0n) is 16.3. The smallest absolute Gasteiger partial charge is 0.149 e. The average molecular weight is 379 g/mol. The van der Waals surface area contributed by atoms with Crippen LogP contribution in [0.2, 0.25) is 0 Å². The lowest BCUT2D eigenvalue weighted by Crippen LogP contribution is -2.04. The summed E-state index contributed by atoms with van der Waals surface area (Å²) in [5, 5.41) is 2.23. The number of benzene rings is 3. The summed E-state index contributed by atoms with van der Waals surface area (Å²) in [6.07, 6.45) is 0. The van der Waals surface area contributed by atoms with Crippen LogP contribution in [0.25, 0.3) is 10.8 Å². The first kappa shape index (κ1) is 18.6. The predicted octanol–water partition coefficient (Wildman–Crippen LogP) is 5.55. The number of aryl methyl sites for hydroxylation is 1. The predicted molar refractivity (Wildman–Crippen MR) is 116 cm³/mol. The van der Waals surface area contributed by atoms with Crippen LogP contribution in [-0.4, -0.2) is 11.6 Å². The van der Waals surface area contributed by atoms with Crippen LogP contribution in [0.4, 0.5) is 0 Å². The van der Waals surface area contributed by atoms with Gasteiger partial charge in [-0.3, -0.25) is 0 Å². The minimum Gasteiger partial charge on any atom is -0.489 e. The third-order valence-electron chi connectivity index (χ3n) is 4.59. The van der Waals surface area contributed by atoms with Crippen LogP contribution in [-0.2, 0) is 6.61 Å². The molecule has 0 aliphatic carbocycles. The SMILES string of the molecule is Cc1nc(C#CCOc2ccccc2)c(COc2ccccc2)c2ccccc12. The number of pyridine rings is 1. The van der Waals surface area contributed by atoms with Gasteiger partial charge < -0.3 is 9.47 Å². The van der Waals surface area contributed by atoms with Crippen LogP contribution in [0, 0.1) is 18.8 Å². The van der Waals surface area contributed by atoms with Crippen LogP contribution in [0.3, 0.4) is 0 Å². The number of ether oxygens (including phenoxy) is 2. The molecule has 0 saturated heterocycles. The molecule has 29 heavy (non-hydrogen) atoms. The average Bonchev–Trinajstić information content (AvgIpc) is 2.78. The summed E-state index contributed by atoms with van der Waals surface area (Å²) in [6.45, 7) is 2.72. The van der Waals surface area contributed by atoms with Gasteiger partial charge in [0.2, 0.25) is 0 Å². The van der Waals surface area contributed by atoms with E-state index in [2.05, 4.69) is 24.0 Å². The molecule has 0 atom stereocenters. The molecule has 0 N–H and O–H groups in total. The van der Waals surface area contributed by atoms with Gasteiger partial charge in [-0.25, -0.2) is 4.98 Å². The van der Waals surface area contributed by atoms with Gasteiger partial charge in [-0.05, 0) is 42.5 Å². The molecule has 3 heteroatoms. The van der Waals surface area contributed by atoms with Crippen LogP contribution >= 0.6 is 0 Å². The first-order valence-corrected chi connectivity index (χ1v) is 9.54. The molecule has 4 aromatic rings. The fourth-order valence-electron chi connectivity index (χ4n) is 3.16. The van der Waals surface area contributed by atoms with Gasteiger partial charge in [0.25, 0.3) is 0 Å². The van der Waals surface area contributed by atoms with Gasteiger partial charge in [0.15, 0.2) is 0 Å². The second kappa shape index (κ2) is 8.95. The van der Waals surface area contributed by atoms with Crippen LogP contribution in [0.15, 0.2) is 84.9 Å². The van der Waals surface area contributed by atoms with Gasteiger partial charge >= 0.3 is 0 Å². The third kappa shape index (κ3) is 4.56. The van der Waals surface area contributed by atoms with Crippen LogP contribution in [0.5, 0.6) is 11.5 Å². The molecule has 0 aliphatic heterocycles. The quantitative estimate of drug-likeness (QED) is 0.426. The maximum absolute atomic E-state index is 6.02. The third-order valence-corrected chi connectivity index (χ3v) is 4.59. The molecule has 3 aromatic carbocycles. The highest BCUT2D eigenvalue weighted by atomic mass is 16.5. The molecule has 1 aromatic heterocycles. The summed E-state index contributed by atoms with van der Waals surface area (Å²) in [7, 11) is 0. The van der Waals surface area contributed by atoms with Gasteiger partial charge in [-0.1, -0.05) is 66.6 Å². The van der Waals surface area contributed by atoms with Crippen molar-refractivity contribution in [1.29, 1.82) is 0 Å². The van der Waals surface area contributed by atoms with E-state index < -0.39 is 0 Å². The highest BCUT2D eigenvalue weighted by Gasteiger charge is 2.11. The Labute approximate surface area is 170 Å². The number of rotatable bonds is 5. The lowest BCUT2D eigenvalue weighted by atomic mass is 10.0. The van der Waals surface area contributed by atoms with Crippen molar-refractivity contribution in [3.05, 3.63) is 102 Å². The Balaban J connectivity index is 1.62. The first-order valence-electron chi connectivity index (χ1n) is 9.54. The number of para-hydroxylation sites is 2. The van der Waals surface area contributed by atoms with Gasteiger partial charge in [-0.2, -0.15) is 0 Å². The Hall–Kier alpha value is -3.77. The highest BCUT2D eigenvalue weighted by molar-refractivity contribution is 5.88. The number of hydrogen-bond donors (Lipinski definition) is 0. The van der Waals surface area contributed by atoms with Crippen molar-refractivity contribution in [2.45, 2.75) is 13.5 Å². The molecular formula is C26H21NO2. The van der Waals surface area contributed by atoms with Gasteiger partial charge in [0.05, 0.1) is 0 Å². The molecule has 0 fully saturated rings. The van der Waals surface area contributed by atoms with Crippen molar-refractivity contribution >= 4 is 10.8 Å². The molecule has 4 rings (SSSR count). The molecule has 0 radical (unpaired) electrons. The Kier molecular flexibility index (Phi) is 5.73. The summed E-state index contributed by atoms with van der Waals surface area (Å²) < 4.78 is 11.7. The Morgan fingerprint density at radius 2 is 1.31 bits per heavy atom. The first-order chi connectivity index (χ1) is 14.3. The lowest BCUT2D eigenvalue weighted by Gasteiger charge is -2.12. The maximum atomic E-state index is 6.02. The second-order valence-corrected chi connectivity index (χ2v) is 6.58. The number of fused-ring (bicyclic) bond motifs is 1. The Morgan fingerprint density at radius 3 is 2.00 bits per heavy atom. The zero-order chi connectivity index (χ0) is 19.9. The van der Waals surface area contributed by atoms with Gasteiger partial charge in [-0.15, -0.1) is 0 Å². The van der Waals surface area contributed by atoms with Crippen LogP contribution < -0.4 is 9.47 Å². The van der Waals surface area contributed by atoms with Crippen molar-refractivity contribution in [1.82, 2.24) is 4.98 Å². The van der Waals surface area contributed by atoms with Gasteiger partial charge in [0.1, 0.15) is 30.4 Å². The van der Waals surface area contributed by atoms with Crippen molar-refractivity contribution < 1.29 is 9.47 Å². The number of hydrogen-bond acceptors (Lipinski definition) is 3. The molecule has 0 aliphatic rings. The molecule has 3 nitrogen and oxygen atoms in total. The minimum atomic E-state index is 0.302. The van der Waals surface area contributed by atoms with Crippen molar-refractivity contribution in [3.63, 3.8) is 0 Å².